The van der Waals surface area contributed by atoms with E-state index in [0.29, 0.717) is 0 Å². The summed E-state index contributed by atoms with van der Waals surface area (Å²) in [5.74, 6) is 0. The predicted molar refractivity (Wildman–Crippen MR) is 214 cm³/mol. The van der Waals surface area contributed by atoms with E-state index in [2.05, 4.69) is 161 Å². The zero-order valence-electron chi connectivity index (χ0n) is 28.7. The van der Waals surface area contributed by atoms with E-state index in [9.17, 15) is 0 Å². The van der Waals surface area contributed by atoms with E-state index < -0.39 is 0 Å². The SMILES string of the molecule is CC1(C)c2ccccc2-c2ccc(-c3cc4ccc5ccc6cc(-c7ccc8c(c7)C(C)(C)c7ccccc7-8)c7ccc3c3c4c5c6c73)cc21. The van der Waals surface area contributed by atoms with Gasteiger partial charge < -0.3 is 0 Å². The van der Waals surface area contributed by atoms with Crippen molar-refractivity contribution in [3.8, 4) is 44.5 Å². The summed E-state index contributed by atoms with van der Waals surface area (Å²) in [6.45, 7) is 9.52. The molecule has 0 heteroatoms. The average Bonchev–Trinajstić information content (AvgIpc) is 3.71. The maximum Gasteiger partial charge on any atom is 0.0159 e. The highest BCUT2D eigenvalue weighted by molar-refractivity contribution is 6.46. The van der Waals surface area contributed by atoms with Gasteiger partial charge in [0, 0.05) is 10.8 Å². The largest absolute Gasteiger partial charge is 0.0619 e. The van der Waals surface area contributed by atoms with E-state index in [4.69, 9.17) is 0 Å². The lowest BCUT2D eigenvalue weighted by Crippen LogP contribution is -2.14. The van der Waals surface area contributed by atoms with Gasteiger partial charge in [-0.1, -0.05) is 137 Å². The number of benzene rings is 9. The van der Waals surface area contributed by atoms with Crippen LogP contribution in [-0.2, 0) is 10.8 Å². The van der Waals surface area contributed by atoms with Crippen molar-refractivity contribution in [2.45, 2.75) is 38.5 Å². The summed E-state index contributed by atoms with van der Waals surface area (Å²) < 4.78 is 0. The number of rotatable bonds is 2. The van der Waals surface area contributed by atoms with Gasteiger partial charge in [-0.25, -0.2) is 0 Å². The van der Waals surface area contributed by atoms with Gasteiger partial charge in [0.05, 0.1) is 0 Å². The highest BCUT2D eigenvalue weighted by Gasteiger charge is 2.37. The van der Waals surface area contributed by atoms with Gasteiger partial charge in [-0.05, 0) is 145 Å². The minimum absolute atomic E-state index is 0.0372. The molecule has 0 spiro atoms. The van der Waals surface area contributed by atoms with Crippen molar-refractivity contribution >= 4 is 53.9 Å². The van der Waals surface area contributed by atoms with Gasteiger partial charge in [-0.2, -0.15) is 0 Å². The molecule has 234 valence electrons. The normalized spacial score (nSPS) is 15.5. The highest BCUT2D eigenvalue weighted by atomic mass is 14.4. The molecule has 0 nitrogen and oxygen atoms in total. The van der Waals surface area contributed by atoms with Crippen LogP contribution in [0.25, 0.3) is 98.4 Å². The van der Waals surface area contributed by atoms with Gasteiger partial charge in [0.1, 0.15) is 0 Å². The third kappa shape index (κ3) is 3.07. The maximum atomic E-state index is 2.49. The Kier molecular flexibility index (Phi) is 4.72. The molecule has 0 amide bonds. The third-order valence-electron chi connectivity index (χ3n) is 12.9. The fourth-order valence-electron chi connectivity index (χ4n) is 10.5. The third-order valence-corrected chi connectivity index (χ3v) is 12.9. The zero-order chi connectivity index (χ0) is 33.3. The second-order valence-electron chi connectivity index (χ2n) is 16.0. The molecule has 0 bridgehead atoms. The molecule has 12 rings (SSSR count). The Balaban J connectivity index is 1.14. The fourth-order valence-corrected chi connectivity index (χ4v) is 10.5. The number of hydrogen-bond acceptors (Lipinski definition) is 0. The average molecular weight is 635 g/mol. The lowest BCUT2D eigenvalue weighted by Gasteiger charge is -2.22. The predicted octanol–water partition coefficient (Wildman–Crippen LogP) is 13.7. The molecule has 0 unspecified atom stereocenters. The molecule has 50 heavy (non-hydrogen) atoms. The Morgan fingerprint density at radius 1 is 0.300 bits per heavy atom. The van der Waals surface area contributed by atoms with Gasteiger partial charge in [0.25, 0.3) is 0 Å². The Morgan fingerprint density at radius 2 is 0.700 bits per heavy atom. The van der Waals surface area contributed by atoms with E-state index in [1.165, 1.54) is 121 Å². The summed E-state index contributed by atoms with van der Waals surface area (Å²) in [7, 11) is 0. The van der Waals surface area contributed by atoms with Crippen LogP contribution < -0.4 is 0 Å². The maximum absolute atomic E-state index is 2.49. The highest BCUT2D eigenvalue weighted by Crippen LogP contribution is 2.55. The van der Waals surface area contributed by atoms with Crippen molar-refractivity contribution in [1.82, 2.24) is 0 Å². The smallest absolute Gasteiger partial charge is 0.0159 e. The van der Waals surface area contributed by atoms with Crippen molar-refractivity contribution in [3.05, 3.63) is 156 Å². The van der Waals surface area contributed by atoms with Gasteiger partial charge in [-0.15, -0.1) is 0 Å². The first kappa shape index (κ1) is 27.1. The summed E-state index contributed by atoms with van der Waals surface area (Å²) in [6, 6.07) is 51.5. The van der Waals surface area contributed by atoms with Crippen LogP contribution in [0.2, 0.25) is 0 Å². The summed E-state index contributed by atoms with van der Waals surface area (Å²) in [6.07, 6.45) is 0. The summed E-state index contributed by atoms with van der Waals surface area (Å²) in [4.78, 5) is 0. The molecule has 10 aromatic rings. The molecular formula is C50H34. The monoisotopic (exact) mass is 634 g/mol. The van der Waals surface area contributed by atoms with E-state index >= 15 is 0 Å². The van der Waals surface area contributed by atoms with E-state index in [1.54, 1.807) is 0 Å². The van der Waals surface area contributed by atoms with Gasteiger partial charge >= 0.3 is 0 Å². The summed E-state index contributed by atoms with van der Waals surface area (Å²) in [5.41, 5.74) is 16.4. The van der Waals surface area contributed by atoms with Crippen molar-refractivity contribution in [2.75, 3.05) is 0 Å². The van der Waals surface area contributed by atoms with Gasteiger partial charge in [-0.3, -0.25) is 0 Å². The Morgan fingerprint density at radius 3 is 1.18 bits per heavy atom. The minimum atomic E-state index is -0.0372. The topological polar surface area (TPSA) is 0 Å². The lowest BCUT2D eigenvalue weighted by atomic mass is 9.81. The minimum Gasteiger partial charge on any atom is -0.0619 e. The van der Waals surface area contributed by atoms with E-state index in [1.807, 2.05) is 0 Å². The van der Waals surface area contributed by atoms with Crippen molar-refractivity contribution in [3.63, 3.8) is 0 Å². The second kappa shape index (κ2) is 8.70. The molecule has 0 aliphatic heterocycles. The standard InChI is InChI=1S/C50H34/c1-49(2)40-11-7-5-9-32(40)34-19-17-28(25-42(34)49)38-23-30-15-13-27-14-16-31-24-39(37-22-21-36(38)47-45(30)44(27)46(31)48(37)47)29-18-20-35-33-10-6-8-12-41(33)50(3,4)43(35)26-29/h5-26H,1-4H3. The fraction of sp³-hybridized carbons (Fsp3) is 0.120. The Labute approximate surface area is 291 Å². The second-order valence-corrected chi connectivity index (χ2v) is 16.0. The number of fused-ring (bicyclic) bond motifs is 6. The van der Waals surface area contributed by atoms with Crippen LogP contribution in [0.5, 0.6) is 0 Å². The molecule has 2 aliphatic carbocycles. The molecule has 0 atom stereocenters. The Bertz CT molecular complexity index is 2870. The van der Waals surface area contributed by atoms with Crippen molar-refractivity contribution in [2.24, 2.45) is 0 Å². The lowest BCUT2D eigenvalue weighted by molar-refractivity contribution is 0.660. The first-order valence-corrected chi connectivity index (χ1v) is 18.0. The van der Waals surface area contributed by atoms with E-state index in [-0.39, 0.29) is 10.8 Å². The molecule has 0 aromatic heterocycles. The summed E-state index contributed by atoms with van der Waals surface area (Å²) >= 11 is 0. The first-order valence-electron chi connectivity index (χ1n) is 18.0. The molecule has 0 saturated heterocycles. The molecule has 0 N–H and O–H groups in total. The van der Waals surface area contributed by atoms with Crippen LogP contribution in [0.15, 0.2) is 133 Å². The van der Waals surface area contributed by atoms with Crippen molar-refractivity contribution in [1.29, 1.82) is 0 Å². The van der Waals surface area contributed by atoms with Crippen LogP contribution in [0.1, 0.15) is 49.9 Å². The van der Waals surface area contributed by atoms with Crippen molar-refractivity contribution < 1.29 is 0 Å². The van der Waals surface area contributed by atoms with Crippen LogP contribution in [0.4, 0.5) is 0 Å². The summed E-state index contributed by atoms with van der Waals surface area (Å²) in [5, 5.41) is 13.8. The van der Waals surface area contributed by atoms with Crippen LogP contribution in [-0.4, -0.2) is 0 Å². The molecule has 2 aliphatic rings. The first-order chi connectivity index (χ1) is 24.3. The molecular weight excluding hydrogens is 601 g/mol. The Hall–Kier alpha value is -5.72. The van der Waals surface area contributed by atoms with Gasteiger partial charge in [0.15, 0.2) is 0 Å². The number of hydrogen-bond donors (Lipinski definition) is 0. The molecule has 0 fully saturated rings. The van der Waals surface area contributed by atoms with Gasteiger partial charge in [0.2, 0.25) is 0 Å². The molecule has 0 saturated carbocycles. The molecule has 10 aromatic carbocycles. The van der Waals surface area contributed by atoms with Crippen LogP contribution in [0.3, 0.4) is 0 Å². The zero-order valence-corrected chi connectivity index (χ0v) is 28.7. The molecule has 0 heterocycles. The van der Waals surface area contributed by atoms with E-state index in [0.717, 1.165) is 0 Å². The van der Waals surface area contributed by atoms with Crippen LogP contribution in [0, 0.1) is 0 Å². The quantitative estimate of drug-likeness (QED) is 0.166. The van der Waals surface area contributed by atoms with Crippen LogP contribution >= 0.6 is 0 Å². The molecule has 0 radical (unpaired) electrons.